The van der Waals surface area contributed by atoms with E-state index in [1.165, 1.54) is 0 Å². The van der Waals surface area contributed by atoms with Gasteiger partial charge in [0.15, 0.2) is 0 Å². The van der Waals surface area contributed by atoms with Crippen LogP contribution in [0, 0.1) is 0 Å². The third-order valence-corrected chi connectivity index (χ3v) is 2.45. The predicted molar refractivity (Wildman–Crippen MR) is 64.5 cm³/mol. The second-order valence-electron chi connectivity index (χ2n) is 6.69. The lowest BCUT2D eigenvalue weighted by Gasteiger charge is -2.54. The van der Waals surface area contributed by atoms with E-state index < -0.39 is 0 Å². The van der Waals surface area contributed by atoms with Crippen molar-refractivity contribution in [3.05, 3.63) is 0 Å². The molecule has 0 spiro atoms. The van der Waals surface area contributed by atoms with Crippen molar-refractivity contribution in [3.63, 3.8) is 0 Å². The first-order valence-corrected chi connectivity index (χ1v) is 5.43. The number of hydrogen-bond acceptors (Lipinski definition) is 2. The standard InChI is InChI=1S/C12H28N2/c1-10(2,3)14(11(4,5)6)12(7,8)9-13/h9,13H2,1-8H3. The van der Waals surface area contributed by atoms with Gasteiger partial charge in [0.2, 0.25) is 0 Å². The van der Waals surface area contributed by atoms with E-state index in [-0.39, 0.29) is 16.6 Å². The van der Waals surface area contributed by atoms with Crippen LogP contribution in [0.4, 0.5) is 0 Å². The van der Waals surface area contributed by atoms with Crippen LogP contribution < -0.4 is 5.73 Å². The van der Waals surface area contributed by atoms with Crippen molar-refractivity contribution in [2.24, 2.45) is 5.73 Å². The summed E-state index contributed by atoms with van der Waals surface area (Å²) in [5, 5.41) is 0. The highest BCUT2D eigenvalue weighted by Gasteiger charge is 2.40. The van der Waals surface area contributed by atoms with Gasteiger partial charge in [0.05, 0.1) is 0 Å². The average Bonchev–Trinajstić information content (AvgIpc) is 1.79. The smallest absolute Gasteiger partial charge is 0.0285 e. The molecular weight excluding hydrogens is 172 g/mol. The monoisotopic (exact) mass is 200 g/mol. The Morgan fingerprint density at radius 1 is 0.786 bits per heavy atom. The van der Waals surface area contributed by atoms with Crippen LogP contribution in [0.25, 0.3) is 0 Å². The first-order chi connectivity index (χ1) is 5.93. The van der Waals surface area contributed by atoms with Crippen LogP contribution in [0.1, 0.15) is 55.4 Å². The van der Waals surface area contributed by atoms with Gasteiger partial charge in [-0.1, -0.05) is 0 Å². The number of hydrogen-bond donors (Lipinski definition) is 1. The van der Waals surface area contributed by atoms with Gasteiger partial charge in [0.1, 0.15) is 0 Å². The topological polar surface area (TPSA) is 29.3 Å². The second kappa shape index (κ2) is 3.82. The van der Waals surface area contributed by atoms with E-state index in [0.29, 0.717) is 6.54 Å². The highest BCUT2D eigenvalue weighted by Crippen LogP contribution is 2.32. The molecule has 0 unspecified atom stereocenters. The Bertz CT molecular complexity index is 167. The van der Waals surface area contributed by atoms with Gasteiger partial charge in [-0.05, 0) is 55.4 Å². The van der Waals surface area contributed by atoms with Gasteiger partial charge in [-0.15, -0.1) is 0 Å². The molecule has 0 aromatic rings. The quantitative estimate of drug-likeness (QED) is 0.742. The summed E-state index contributed by atoms with van der Waals surface area (Å²) in [4.78, 5) is 2.49. The number of nitrogens with two attached hydrogens (primary N) is 1. The van der Waals surface area contributed by atoms with E-state index in [4.69, 9.17) is 5.73 Å². The first-order valence-electron chi connectivity index (χ1n) is 5.43. The maximum Gasteiger partial charge on any atom is 0.0285 e. The summed E-state index contributed by atoms with van der Waals surface area (Å²) in [6, 6.07) is 0. The van der Waals surface area contributed by atoms with Crippen molar-refractivity contribution in [2.45, 2.75) is 72.0 Å². The molecule has 0 saturated carbocycles. The summed E-state index contributed by atoms with van der Waals surface area (Å²) in [5.74, 6) is 0. The molecule has 0 radical (unpaired) electrons. The average molecular weight is 200 g/mol. The van der Waals surface area contributed by atoms with E-state index in [1.807, 2.05) is 0 Å². The Morgan fingerprint density at radius 3 is 1.14 bits per heavy atom. The molecule has 0 fully saturated rings. The molecule has 0 rings (SSSR count). The minimum absolute atomic E-state index is 0.0382. The third kappa shape index (κ3) is 3.25. The minimum atomic E-state index is 0.0382. The molecule has 2 nitrogen and oxygen atoms in total. The van der Waals surface area contributed by atoms with Crippen LogP contribution in [0.5, 0.6) is 0 Å². The molecular formula is C12H28N2. The molecule has 0 aliphatic heterocycles. The van der Waals surface area contributed by atoms with Crippen LogP contribution in [0.15, 0.2) is 0 Å². The Hall–Kier alpha value is -0.0800. The van der Waals surface area contributed by atoms with Gasteiger partial charge in [0, 0.05) is 23.2 Å². The molecule has 0 bridgehead atoms. The lowest BCUT2D eigenvalue weighted by atomic mass is 9.87. The number of rotatable bonds is 2. The maximum atomic E-state index is 5.86. The molecule has 14 heavy (non-hydrogen) atoms. The Labute approximate surface area is 89.9 Å². The van der Waals surface area contributed by atoms with Crippen LogP contribution >= 0.6 is 0 Å². The molecule has 0 atom stereocenters. The molecule has 0 aliphatic carbocycles. The Balaban J connectivity index is 5.14. The summed E-state index contributed by atoms with van der Waals surface area (Å²) in [6.45, 7) is 18.6. The van der Waals surface area contributed by atoms with Crippen LogP contribution in [-0.2, 0) is 0 Å². The maximum absolute atomic E-state index is 5.86. The summed E-state index contributed by atoms with van der Waals surface area (Å²) < 4.78 is 0. The zero-order valence-electron chi connectivity index (χ0n) is 11.2. The zero-order chi connectivity index (χ0) is 11.8. The molecule has 86 valence electrons. The molecule has 0 amide bonds. The van der Waals surface area contributed by atoms with Gasteiger partial charge in [0.25, 0.3) is 0 Å². The van der Waals surface area contributed by atoms with Crippen molar-refractivity contribution < 1.29 is 0 Å². The highest BCUT2D eigenvalue weighted by molar-refractivity contribution is 4.97. The molecule has 0 heterocycles. The fraction of sp³-hybridized carbons (Fsp3) is 1.00. The largest absolute Gasteiger partial charge is 0.329 e. The van der Waals surface area contributed by atoms with Crippen molar-refractivity contribution in [1.82, 2.24) is 4.90 Å². The fourth-order valence-corrected chi connectivity index (χ4v) is 2.91. The lowest BCUT2D eigenvalue weighted by molar-refractivity contribution is -0.0448. The summed E-state index contributed by atoms with van der Waals surface area (Å²) in [7, 11) is 0. The summed E-state index contributed by atoms with van der Waals surface area (Å²) >= 11 is 0. The van der Waals surface area contributed by atoms with Crippen LogP contribution in [0.2, 0.25) is 0 Å². The highest BCUT2D eigenvalue weighted by atomic mass is 15.3. The third-order valence-electron chi connectivity index (χ3n) is 2.45. The van der Waals surface area contributed by atoms with Gasteiger partial charge < -0.3 is 5.73 Å². The normalized spacial score (nSPS) is 15.0. The van der Waals surface area contributed by atoms with E-state index >= 15 is 0 Å². The van der Waals surface area contributed by atoms with Gasteiger partial charge in [-0.25, -0.2) is 0 Å². The van der Waals surface area contributed by atoms with Crippen molar-refractivity contribution in [1.29, 1.82) is 0 Å². The van der Waals surface area contributed by atoms with Crippen molar-refractivity contribution in [2.75, 3.05) is 6.54 Å². The minimum Gasteiger partial charge on any atom is -0.329 e. The molecule has 0 aliphatic rings. The van der Waals surface area contributed by atoms with E-state index in [1.54, 1.807) is 0 Å². The lowest BCUT2D eigenvalue weighted by Crippen LogP contribution is -2.64. The first kappa shape index (κ1) is 13.9. The van der Waals surface area contributed by atoms with E-state index in [2.05, 4.69) is 60.3 Å². The van der Waals surface area contributed by atoms with Crippen LogP contribution in [0.3, 0.4) is 0 Å². The molecule has 2 heteroatoms. The molecule has 0 aromatic heterocycles. The van der Waals surface area contributed by atoms with Gasteiger partial charge in [-0.3, -0.25) is 4.90 Å². The second-order valence-corrected chi connectivity index (χ2v) is 6.69. The SMILES string of the molecule is CC(C)(C)N(C(C)(C)C)C(C)(C)CN. The summed E-state index contributed by atoms with van der Waals surface area (Å²) in [5.41, 5.74) is 6.18. The fourth-order valence-electron chi connectivity index (χ4n) is 2.91. The van der Waals surface area contributed by atoms with Crippen molar-refractivity contribution in [3.8, 4) is 0 Å². The Morgan fingerprint density at radius 2 is 1.07 bits per heavy atom. The molecule has 2 N–H and O–H groups in total. The Kier molecular flexibility index (Phi) is 3.80. The number of nitrogens with zero attached hydrogens (tertiary/aromatic N) is 1. The zero-order valence-corrected chi connectivity index (χ0v) is 11.2. The van der Waals surface area contributed by atoms with E-state index in [9.17, 15) is 0 Å². The summed E-state index contributed by atoms with van der Waals surface area (Å²) in [6.07, 6.45) is 0. The van der Waals surface area contributed by atoms with Crippen molar-refractivity contribution >= 4 is 0 Å². The van der Waals surface area contributed by atoms with E-state index in [0.717, 1.165) is 0 Å². The van der Waals surface area contributed by atoms with Gasteiger partial charge in [-0.2, -0.15) is 0 Å². The van der Waals surface area contributed by atoms with Gasteiger partial charge >= 0.3 is 0 Å². The van der Waals surface area contributed by atoms with Crippen LogP contribution in [-0.4, -0.2) is 28.1 Å². The molecule has 0 aromatic carbocycles. The predicted octanol–water partition coefficient (Wildman–Crippen LogP) is 2.62. The molecule has 0 saturated heterocycles.